The Morgan fingerprint density at radius 3 is 2.68 bits per heavy atom. The molecule has 100 valence electrons. The molecule has 0 radical (unpaired) electrons. The van der Waals surface area contributed by atoms with Gasteiger partial charge in [0, 0.05) is 30.4 Å². The van der Waals surface area contributed by atoms with Crippen molar-refractivity contribution in [2.45, 2.75) is 12.8 Å². The van der Waals surface area contributed by atoms with Gasteiger partial charge >= 0.3 is 0 Å². The van der Waals surface area contributed by atoms with Gasteiger partial charge in [-0.1, -0.05) is 12.1 Å². The molecule has 19 heavy (non-hydrogen) atoms. The van der Waals surface area contributed by atoms with Crippen molar-refractivity contribution in [3.8, 4) is 0 Å². The van der Waals surface area contributed by atoms with Gasteiger partial charge in [0.1, 0.15) is 0 Å². The molecule has 0 fully saturated rings. The van der Waals surface area contributed by atoms with E-state index in [0.717, 1.165) is 24.1 Å². The van der Waals surface area contributed by atoms with Crippen LogP contribution in [0, 0.1) is 0 Å². The number of carbonyl (C=O) groups is 1. The highest BCUT2D eigenvalue weighted by molar-refractivity contribution is 5.94. The lowest BCUT2D eigenvalue weighted by atomic mass is 10.1. The van der Waals surface area contributed by atoms with Gasteiger partial charge in [0.25, 0.3) is 5.91 Å². The first-order valence-electron chi connectivity index (χ1n) is 6.34. The van der Waals surface area contributed by atoms with Crippen LogP contribution in [0.5, 0.6) is 0 Å². The molecule has 5 heteroatoms. The number of hydrogen-bond acceptors (Lipinski definition) is 3. The second kappa shape index (κ2) is 6.70. The third kappa shape index (κ3) is 3.93. The van der Waals surface area contributed by atoms with E-state index in [9.17, 15) is 4.79 Å². The molecule has 0 aliphatic rings. The average Bonchev–Trinajstić information content (AvgIpc) is 2.93. The Kier molecular flexibility index (Phi) is 4.69. The normalized spacial score (nSPS) is 10.4. The van der Waals surface area contributed by atoms with E-state index in [1.807, 2.05) is 24.3 Å². The summed E-state index contributed by atoms with van der Waals surface area (Å²) in [6.07, 6.45) is 4.97. The molecule has 1 aromatic carbocycles. The lowest BCUT2D eigenvalue weighted by Gasteiger charge is -2.05. The number of benzene rings is 1. The fourth-order valence-corrected chi connectivity index (χ4v) is 1.82. The van der Waals surface area contributed by atoms with E-state index >= 15 is 0 Å². The van der Waals surface area contributed by atoms with Crippen LogP contribution in [-0.2, 0) is 12.8 Å². The van der Waals surface area contributed by atoms with Crippen molar-refractivity contribution < 1.29 is 4.79 Å². The van der Waals surface area contributed by atoms with Crippen LogP contribution in [0.4, 0.5) is 0 Å². The minimum Gasteiger partial charge on any atom is -0.352 e. The number of aromatic amines is 1. The molecule has 1 aromatic heterocycles. The molecule has 0 atom stereocenters. The molecule has 0 spiro atoms. The zero-order valence-corrected chi connectivity index (χ0v) is 10.7. The molecule has 1 amide bonds. The van der Waals surface area contributed by atoms with Gasteiger partial charge in [0.05, 0.1) is 6.33 Å². The highest BCUT2D eigenvalue weighted by atomic mass is 16.1. The smallest absolute Gasteiger partial charge is 0.251 e. The van der Waals surface area contributed by atoms with E-state index in [1.165, 1.54) is 0 Å². The number of carbonyl (C=O) groups excluding carboxylic acids is 1. The SMILES string of the molecule is NCCc1ccc(C(=O)NCCc2cnc[nH]2)cc1. The van der Waals surface area contributed by atoms with Gasteiger partial charge in [-0.25, -0.2) is 4.98 Å². The largest absolute Gasteiger partial charge is 0.352 e. The number of nitrogens with one attached hydrogen (secondary N) is 2. The topological polar surface area (TPSA) is 83.8 Å². The first-order chi connectivity index (χ1) is 9.29. The summed E-state index contributed by atoms with van der Waals surface area (Å²) in [5.41, 5.74) is 8.32. The predicted octanol–water partition coefficient (Wildman–Crippen LogP) is 0.883. The lowest BCUT2D eigenvalue weighted by Crippen LogP contribution is -2.25. The van der Waals surface area contributed by atoms with Crippen LogP contribution >= 0.6 is 0 Å². The van der Waals surface area contributed by atoms with Gasteiger partial charge in [-0.3, -0.25) is 4.79 Å². The number of nitrogens with zero attached hydrogens (tertiary/aromatic N) is 1. The Hall–Kier alpha value is -2.14. The minimum atomic E-state index is -0.0567. The highest BCUT2D eigenvalue weighted by Crippen LogP contribution is 2.04. The molecular formula is C14H18N4O. The lowest BCUT2D eigenvalue weighted by molar-refractivity contribution is 0.0954. The third-order valence-electron chi connectivity index (χ3n) is 2.88. The first-order valence-corrected chi connectivity index (χ1v) is 6.34. The number of rotatable bonds is 6. The van der Waals surface area contributed by atoms with Crippen LogP contribution < -0.4 is 11.1 Å². The summed E-state index contributed by atoms with van der Waals surface area (Å²) >= 11 is 0. The van der Waals surface area contributed by atoms with Crippen LogP contribution in [-0.4, -0.2) is 29.0 Å². The van der Waals surface area contributed by atoms with Crippen molar-refractivity contribution >= 4 is 5.91 Å². The summed E-state index contributed by atoms with van der Waals surface area (Å²) in [6, 6.07) is 7.54. The standard InChI is InChI=1S/C14H18N4O/c15-7-5-11-1-3-12(4-2-11)14(19)17-8-6-13-9-16-10-18-13/h1-4,9-10H,5-8,15H2,(H,16,18)(H,17,19). The third-order valence-corrected chi connectivity index (χ3v) is 2.88. The maximum Gasteiger partial charge on any atom is 0.251 e. The zero-order valence-electron chi connectivity index (χ0n) is 10.7. The van der Waals surface area contributed by atoms with E-state index in [1.54, 1.807) is 12.5 Å². The molecule has 5 nitrogen and oxygen atoms in total. The number of nitrogens with two attached hydrogens (primary N) is 1. The first kappa shape index (κ1) is 13.3. The zero-order chi connectivity index (χ0) is 13.5. The average molecular weight is 258 g/mol. The molecule has 2 rings (SSSR count). The monoisotopic (exact) mass is 258 g/mol. The van der Waals surface area contributed by atoms with E-state index in [4.69, 9.17) is 5.73 Å². The Morgan fingerprint density at radius 1 is 1.26 bits per heavy atom. The number of aromatic nitrogens is 2. The quantitative estimate of drug-likeness (QED) is 0.719. The molecule has 0 aliphatic heterocycles. The molecule has 4 N–H and O–H groups in total. The minimum absolute atomic E-state index is 0.0567. The van der Waals surface area contributed by atoms with Crippen molar-refractivity contribution in [2.75, 3.05) is 13.1 Å². The summed E-state index contributed by atoms with van der Waals surface area (Å²) in [4.78, 5) is 18.8. The number of H-pyrrole nitrogens is 1. The van der Waals surface area contributed by atoms with Crippen molar-refractivity contribution in [2.24, 2.45) is 5.73 Å². The van der Waals surface area contributed by atoms with Gasteiger partial charge < -0.3 is 16.0 Å². The molecule has 2 aromatic rings. The second-order valence-corrected chi connectivity index (χ2v) is 4.32. The maximum atomic E-state index is 11.9. The maximum absolute atomic E-state index is 11.9. The Bertz CT molecular complexity index is 505. The molecule has 0 saturated heterocycles. The van der Waals surface area contributed by atoms with Gasteiger partial charge in [-0.2, -0.15) is 0 Å². The van der Waals surface area contributed by atoms with E-state index < -0.39 is 0 Å². The number of imidazole rings is 1. The van der Waals surface area contributed by atoms with Crippen LogP contribution in [0.25, 0.3) is 0 Å². The Morgan fingerprint density at radius 2 is 2.05 bits per heavy atom. The van der Waals surface area contributed by atoms with Gasteiger partial charge in [-0.05, 0) is 30.7 Å². The summed E-state index contributed by atoms with van der Waals surface area (Å²) in [6.45, 7) is 1.21. The highest BCUT2D eigenvalue weighted by Gasteiger charge is 2.04. The summed E-state index contributed by atoms with van der Waals surface area (Å²) in [5.74, 6) is -0.0567. The summed E-state index contributed by atoms with van der Waals surface area (Å²) < 4.78 is 0. The fraction of sp³-hybridized carbons (Fsp3) is 0.286. The molecular weight excluding hydrogens is 240 g/mol. The number of amides is 1. The summed E-state index contributed by atoms with van der Waals surface area (Å²) in [5, 5.41) is 2.88. The van der Waals surface area contributed by atoms with Crippen molar-refractivity contribution in [1.29, 1.82) is 0 Å². The van der Waals surface area contributed by atoms with E-state index in [0.29, 0.717) is 18.7 Å². The Balaban J connectivity index is 1.82. The summed E-state index contributed by atoms with van der Waals surface area (Å²) in [7, 11) is 0. The molecule has 0 aliphatic carbocycles. The number of hydrogen-bond donors (Lipinski definition) is 3. The molecule has 0 unspecified atom stereocenters. The van der Waals surface area contributed by atoms with Crippen molar-refractivity contribution in [3.63, 3.8) is 0 Å². The van der Waals surface area contributed by atoms with Crippen LogP contribution in [0.15, 0.2) is 36.8 Å². The van der Waals surface area contributed by atoms with Gasteiger partial charge in [-0.15, -0.1) is 0 Å². The molecule has 0 bridgehead atoms. The predicted molar refractivity (Wildman–Crippen MR) is 73.8 cm³/mol. The van der Waals surface area contributed by atoms with E-state index in [-0.39, 0.29) is 5.91 Å². The Labute approximate surface area is 112 Å². The molecule has 0 saturated carbocycles. The van der Waals surface area contributed by atoms with E-state index in [2.05, 4.69) is 15.3 Å². The van der Waals surface area contributed by atoms with Crippen molar-refractivity contribution in [1.82, 2.24) is 15.3 Å². The van der Waals surface area contributed by atoms with Crippen LogP contribution in [0.2, 0.25) is 0 Å². The van der Waals surface area contributed by atoms with Gasteiger partial charge in [0.15, 0.2) is 0 Å². The second-order valence-electron chi connectivity index (χ2n) is 4.32. The van der Waals surface area contributed by atoms with Gasteiger partial charge in [0.2, 0.25) is 0 Å². The van der Waals surface area contributed by atoms with Crippen LogP contribution in [0.3, 0.4) is 0 Å². The fourth-order valence-electron chi connectivity index (χ4n) is 1.82. The van der Waals surface area contributed by atoms with Crippen molar-refractivity contribution in [3.05, 3.63) is 53.6 Å². The molecule has 1 heterocycles. The van der Waals surface area contributed by atoms with Crippen LogP contribution in [0.1, 0.15) is 21.6 Å².